The summed E-state index contributed by atoms with van der Waals surface area (Å²) in [5, 5.41) is 11.2. The summed E-state index contributed by atoms with van der Waals surface area (Å²) in [5.41, 5.74) is 3.17. The fraction of sp³-hybridized carbons (Fsp3) is 0.0476. The van der Waals surface area contributed by atoms with Crippen molar-refractivity contribution >= 4 is 35.0 Å². The van der Waals surface area contributed by atoms with Crippen molar-refractivity contribution in [3.05, 3.63) is 94.5 Å². The van der Waals surface area contributed by atoms with Gasteiger partial charge in [-0.1, -0.05) is 65.3 Å². The highest BCUT2D eigenvalue weighted by atomic mass is 35.5. The van der Waals surface area contributed by atoms with Crippen LogP contribution in [-0.4, -0.2) is 14.8 Å². The van der Waals surface area contributed by atoms with E-state index < -0.39 is 0 Å². The highest BCUT2D eigenvalue weighted by molar-refractivity contribution is 7.98. The molecule has 1 heterocycles. The van der Waals surface area contributed by atoms with Gasteiger partial charge >= 0.3 is 0 Å². The van der Waals surface area contributed by atoms with Crippen molar-refractivity contribution in [3.63, 3.8) is 0 Å². The molecular weight excluding hydrogens is 397 g/mol. The molecule has 0 saturated carbocycles. The third-order valence-electron chi connectivity index (χ3n) is 4.03. The zero-order valence-corrected chi connectivity index (χ0v) is 16.5. The molecule has 0 saturated heterocycles. The second-order valence-corrected chi connectivity index (χ2v) is 7.71. The van der Waals surface area contributed by atoms with E-state index in [0.717, 1.165) is 33.0 Å². The lowest BCUT2D eigenvalue weighted by Crippen LogP contribution is -1.99. The van der Waals surface area contributed by atoms with E-state index in [4.69, 9.17) is 23.2 Å². The lowest BCUT2D eigenvalue weighted by atomic mass is 10.2. The Balaban J connectivity index is 1.71. The molecule has 0 aliphatic carbocycles. The number of thioether (sulfide) groups is 1. The first kappa shape index (κ1) is 18.1. The van der Waals surface area contributed by atoms with Gasteiger partial charge in [0.05, 0.1) is 0 Å². The third-order valence-corrected chi connectivity index (χ3v) is 5.54. The molecule has 0 N–H and O–H groups in total. The van der Waals surface area contributed by atoms with Crippen LogP contribution in [-0.2, 0) is 5.75 Å². The quantitative estimate of drug-likeness (QED) is 0.349. The molecule has 3 nitrogen and oxygen atoms in total. The van der Waals surface area contributed by atoms with Gasteiger partial charge in [0, 0.05) is 27.0 Å². The highest BCUT2D eigenvalue weighted by Gasteiger charge is 2.16. The second kappa shape index (κ2) is 8.17. The van der Waals surface area contributed by atoms with Gasteiger partial charge in [-0.3, -0.25) is 4.57 Å². The molecule has 0 atom stereocenters. The average Bonchev–Trinajstić information content (AvgIpc) is 3.13. The number of para-hydroxylation sites is 1. The third kappa shape index (κ3) is 4.19. The minimum atomic E-state index is 0.696. The highest BCUT2D eigenvalue weighted by Crippen LogP contribution is 2.30. The molecule has 0 radical (unpaired) electrons. The minimum absolute atomic E-state index is 0.696. The maximum absolute atomic E-state index is 6.03. The van der Waals surface area contributed by atoms with Crippen molar-refractivity contribution < 1.29 is 0 Å². The van der Waals surface area contributed by atoms with Crippen LogP contribution >= 0.6 is 35.0 Å². The van der Waals surface area contributed by atoms with E-state index in [1.807, 2.05) is 66.7 Å². The van der Waals surface area contributed by atoms with Crippen LogP contribution in [0.5, 0.6) is 0 Å². The van der Waals surface area contributed by atoms with Crippen molar-refractivity contribution in [1.29, 1.82) is 0 Å². The number of halogens is 2. The van der Waals surface area contributed by atoms with Crippen molar-refractivity contribution in [3.8, 4) is 17.1 Å². The van der Waals surface area contributed by atoms with Gasteiger partial charge in [-0.25, -0.2) is 0 Å². The van der Waals surface area contributed by atoms with Gasteiger partial charge in [0.2, 0.25) is 0 Å². The molecule has 27 heavy (non-hydrogen) atoms. The zero-order chi connectivity index (χ0) is 18.6. The Bertz CT molecular complexity index is 1030. The Morgan fingerprint density at radius 2 is 1.37 bits per heavy atom. The minimum Gasteiger partial charge on any atom is -0.270 e. The lowest BCUT2D eigenvalue weighted by molar-refractivity contribution is 0.886. The topological polar surface area (TPSA) is 30.7 Å². The van der Waals surface area contributed by atoms with Crippen molar-refractivity contribution in [1.82, 2.24) is 14.8 Å². The first-order valence-corrected chi connectivity index (χ1v) is 10.1. The van der Waals surface area contributed by atoms with Crippen LogP contribution in [0.3, 0.4) is 0 Å². The fourth-order valence-corrected chi connectivity index (χ4v) is 3.85. The van der Waals surface area contributed by atoms with E-state index in [0.29, 0.717) is 5.02 Å². The fourth-order valence-electron chi connectivity index (χ4n) is 2.69. The normalized spacial score (nSPS) is 10.9. The second-order valence-electron chi connectivity index (χ2n) is 5.90. The summed E-state index contributed by atoms with van der Waals surface area (Å²) in [5.74, 6) is 1.57. The first-order chi connectivity index (χ1) is 13.2. The molecule has 0 fully saturated rings. The Kier molecular flexibility index (Phi) is 5.48. The first-order valence-electron chi connectivity index (χ1n) is 8.35. The monoisotopic (exact) mass is 411 g/mol. The molecule has 6 heteroatoms. The summed E-state index contributed by atoms with van der Waals surface area (Å²) in [4.78, 5) is 0. The van der Waals surface area contributed by atoms with E-state index in [9.17, 15) is 0 Å². The summed E-state index contributed by atoms with van der Waals surface area (Å²) in [6.07, 6.45) is 0. The largest absolute Gasteiger partial charge is 0.270 e. The average molecular weight is 412 g/mol. The van der Waals surface area contributed by atoms with Gasteiger partial charge in [0.1, 0.15) is 0 Å². The van der Waals surface area contributed by atoms with Crippen LogP contribution in [0.15, 0.2) is 84.0 Å². The Labute approximate surface area is 172 Å². The van der Waals surface area contributed by atoms with Gasteiger partial charge in [-0.05, 0) is 54.1 Å². The number of aromatic nitrogens is 3. The predicted molar refractivity (Wildman–Crippen MR) is 113 cm³/mol. The smallest absolute Gasteiger partial charge is 0.196 e. The van der Waals surface area contributed by atoms with Crippen molar-refractivity contribution in [2.45, 2.75) is 10.9 Å². The Morgan fingerprint density at radius 1 is 0.741 bits per heavy atom. The number of benzene rings is 3. The number of rotatable bonds is 5. The maximum Gasteiger partial charge on any atom is 0.196 e. The zero-order valence-electron chi connectivity index (χ0n) is 14.2. The predicted octanol–water partition coefficient (Wildman–Crippen LogP) is 6.53. The van der Waals surface area contributed by atoms with E-state index in [2.05, 4.69) is 26.9 Å². The van der Waals surface area contributed by atoms with Crippen LogP contribution in [0, 0.1) is 0 Å². The van der Waals surface area contributed by atoms with Gasteiger partial charge in [0.15, 0.2) is 11.0 Å². The SMILES string of the molecule is Clc1ccc(CSc2nnc(-c3ccc(Cl)cc3)n2-c2ccccc2)cc1. The van der Waals surface area contributed by atoms with Gasteiger partial charge in [-0.2, -0.15) is 0 Å². The molecule has 4 aromatic rings. The van der Waals surface area contributed by atoms with Crippen molar-refractivity contribution in [2.24, 2.45) is 0 Å². The van der Waals surface area contributed by atoms with Gasteiger partial charge in [0.25, 0.3) is 0 Å². The van der Waals surface area contributed by atoms with Crippen LogP contribution in [0.2, 0.25) is 10.0 Å². The van der Waals surface area contributed by atoms with Gasteiger partial charge in [-0.15, -0.1) is 10.2 Å². The molecule has 134 valence electrons. The standard InChI is InChI=1S/C21H15Cl2N3S/c22-17-10-6-15(7-11-17)14-27-21-25-24-20(16-8-12-18(23)13-9-16)26(21)19-4-2-1-3-5-19/h1-13H,14H2. The number of hydrogen-bond donors (Lipinski definition) is 0. The summed E-state index contributed by atoms with van der Waals surface area (Å²) >= 11 is 13.6. The van der Waals surface area contributed by atoms with Crippen LogP contribution in [0.25, 0.3) is 17.1 Å². The Morgan fingerprint density at radius 3 is 2.04 bits per heavy atom. The summed E-state index contributed by atoms with van der Waals surface area (Å²) in [7, 11) is 0. The molecule has 0 bridgehead atoms. The van der Waals surface area contributed by atoms with E-state index in [1.165, 1.54) is 5.56 Å². The molecule has 3 aromatic carbocycles. The molecule has 0 amide bonds. The lowest BCUT2D eigenvalue weighted by Gasteiger charge is -2.10. The van der Waals surface area contributed by atoms with Crippen LogP contribution < -0.4 is 0 Å². The molecular formula is C21H15Cl2N3S. The molecule has 0 spiro atoms. The number of nitrogens with zero attached hydrogens (tertiary/aromatic N) is 3. The van der Waals surface area contributed by atoms with E-state index >= 15 is 0 Å². The van der Waals surface area contributed by atoms with Crippen molar-refractivity contribution in [2.75, 3.05) is 0 Å². The molecule has 0 aliphatic rings. The summed E-state index contributed by atoms with van der Waals surface area (Å²) in [6.45, 7) is 0. The van der Waals surface area contributed by atoms with E-state index in [-0.39, 0.29) is 0 Å². The van der Waals surface area contributed by atoms with E-state index in [1.54, 1.807) is 11.8 Å². The summed E-state index contributed by atoms with van der Waals surface area (Å²) < 4.78 is 2.07. The Hall–Kier alpha value is -2.27. The molecule has 0 aliphatic heterocycles. The number of hydrogen-bond acceptors (Lipinski definition) is 3. The van der Waals surface area contributed by atoms with Crippen LogP contribution in [0.4, 0.5) is 0 Å². The molecule has 0 unspecified atom stereocenters. The molecule has 4 rings (SSSR count). The maximum atomic E-state index is 6.03. The van der Waals surface area contributed by atoms with Gasteiger partial charge < -0.3 is 0 Å². The summed E-state index contributed by atoms with van der Waals surface area (Å²) in [6, 6.07) is 25.6. The molecule has 1 aromatic heterocycles. The van der Waals surface area contributed by atoms with Crippen LogP contribution in [0.1, 0.15) is 5.56 Å².